The summed E-state index contributed by atoms with van der Waals surface area (Å²) in [6, 6.07) is 11.7. The van der Waals surface area contributed by atoms with Gasteiger partial charge in [-0.05, 0) is 38.2 Å². The number of ketones is 1. The van der Waals surface area contributed by atoms with E-state index in [2.05, 4.69) is 45.2 Å². The van der Waals surface area contributed by atoms with Crippen molar-refractivity contribution in [3.05, 3.63) is 59.7 Å². The number of benzene rings is 1. The predicted octanol–water partition coefficient (Wildman–Crippen LogP) is 3.41. The van der Waals surface area contributed by atoms with Crippen molar-refractivity contribution in [3.8, 4) is 0 Å². The normalized spacial score (nSPS) is 26.5. The van der Waals surface area contributed by atoms with Crippen LogP contribution in [0.5, 0.6) is 0 Å². The van der Waals surface area contributed by atoms with E-state index in [1.165, 1.54) is 18.4 Å². The highest BCUT2D eigenvalue weighted by atomic mass is 16.1. The van der Waals surface area contributed by atoms with E-state index < -0.39 is 0 Å². The highest BCUT2D eigenvalue weighted by Gasteiger charge is 2.43. The number of aromatic nitrogens is 2. The summed E-state index contributed by atoms with van der Waals surface area (Å²) >= 11 is 0. The van der Waals surface area contributed by atoms with Gasteiger partial charge in [-0.15, -0.1) is 0 Å². The average Bonchev–Trinajstić information content (AvgIpc) is 2.83. The van der Waals surface area contributed by atoms with Gasteiger partial charge in [-0.1, -0.05) is 30.3 Å². The van der Waals surface area contributed by atoms with Crippen molar-refractivity contribution in [2.75, 3.05) is 0 Å². The number of hydrogen-bond acceptors (Lipinski definition) is 4. The van der Waals surface area contributed by atoms with Gasteiger partial charge in [0.2, 0.25) is 0 Å². The lowest BCUT2D eigenvalue weighted by atomic mass is 9.86. The lowest BCUT2D eigenvalue weighted by Crippen LogP contribution is -2.44. The number of carbonyl (C=O) groups is 1. The molecule has 0 saturated carbocycles. The molecule has 4 rings (SSSR count). The second-order valence-electron chi connectivity index (χ2n) is 7.12. The second-order valence-corrected chi connectivity index (χ2v) is 7.12. The molecule has 2 fully saturated rings. The van der Waals surface area contributed by atoms with Gasteiger partial charge in [0.05, 0.1) is 11.9 Å². The van der Waals surface area contributed by atoms with Gasteiger partial charge >= 0.3 is 0 Å². The predicted molar refractivity (Wildman–Crippen MR) is 92.6 cm³/mol. The van der Waals surface area contributed by atoms with Crippen LogP contribution in [0.15, 0.2) is 42.7 Å². The lowest BCUT2D eigenvalue weighted by molar-refractivity contribution is 0.0673. The van der Waals surface area contributed by atoms with Gasteiger partial charge in [0, 0.05) is 30.7 Å². The molecular weight excluding hydrogens is 298 g/mol. The number of aryl methyl sites for hydroxylation is 1. The van der Waals surface area contributed by atoms with Crippen molar-refractivity contribution in [3.63, 3.8) is 0 Å². The Labute approximate surface area is 142 Å². The maximum Gasteiger partial charge on any atom is 0.185 e. The third-order valence-electron chi connectivity index (χ3n) is 5.47. The zero-order valence-electron chi connectivity index (χ0n) is 14.1. The Balaban J connectivity index is 1.47. The molecule has 4 heteroatoms. The number of rotatable bonds is 4. The van der Waals surface area contributed by atoms with E-state index in [1.54, 1.807) is 12.4 Å². The van der Waals surface area contributed by atoms with Crippen molar-refractivity contribution in [2.24, 2.45) is 5.92 Å². The minimum absolute atomic E-state index is 0.102. The summed E-state index contributed by atoms with van der Waals surface area (Å²) in [5.41, 5.74) is 2.71. The first-order chi connectivity index (χ1) is 11.7. The fourth-order valence-electron chi connectivity index (χ4n) is 4.33. The smallest absolute Gasteiger partial charge is 0.185 e. The van der Waals surface area contributed by atoms with Gasteiger partial charge in [0.15, 0.2) is 5.78 Å². The van der Waals surface area contributed by atoms with Crippen LogP contribution in [0.4, 0.5) is 0 Å². The van der Waals surface area contributed by atoms with E-state index in [1.807, 2.05) is 6.92 Å². The third kappa shape index (κ3) is 2.98. The van der Waals surface area contributed by atoms with Crippen molar-refractivity contribution in [1.82, 2.24) is 14.9 Å². The molecule has 2 aromatic rings. The third-order valence-corrected chi connectivity index (χ3v) is 5.47. The Morgan fingerprint density at radius 2 is 1.83 bits per heavy atom. The van der Waals surface area contributed by atoms with Gasteiger partial charge in [-0.3, -0.25) is 14.7 Å². The first-order valence-electron chi connectivity index (χ1n) is 8.83. The number of piperidine rings is 1. The molecule has 2 bridgehead atoms. The fraction of sp³-hybridized carbons (Fsp3) is 0.450. The van der Waals surface area contributed by atoms with Crippen LogP contribution in [0.3, 0.4) is 0 Å². The van der Waals surface area contributed by atoms with Gasteiger partial charge in [0.1, 0.15) is 5.69 Å². The van der Waals surface area contributed by atoms with Crippen molar-refractivity contribution < 1.29 is 4.79 Å². The fourth-order valence-corrected chi connectivity index (χ4v) is 4.33. The molecule has 0 spiro atoms. The Bertz CT molecular complexity index is 717. The zero-order chi connectivity index (χ0) is 16.5. The number of carbonyl (C=O) groups excluding carboxylic acids is 1. The zero-order valence-corrected chi connectivity index (χ0v) is 14.1. The molecule has 2 saturated heterocycles. The summed E-state index contributed by atoms with van der Waals surface area (Å²) in [4.78, 5) is 23.9. The maximum atomic E-state index is 12.8. The average molecular weight is 321 g/mol. The lowest BCUT2D eigenvalue weighted by Gasteiger charge is -2.38. The van der Waals surface area contributed by atoms with E-state index >= 15 is 0 Å². The SMILES string of the molecule is Cc1cncc(C(=O)C2CC3CCC(C2)N3Cc2ccccc2)n1. The molecule has 2 unspecified atom stereocenters. The summed E-state index contributed by atoms with van der Waals surface area (Å²) in [6.07, 6.45) is 7.65. The molecule has 2 aliphatic rings. The molecule has 4 nitrogen and oxygen atoms in total. The summed E-state index contributed by atoms with van der Waals surface area (Å²) in [5.74, 6) is 0.285. The monoisotopic (exact) mass is 321 g/mol. The van der Waals surface area contributed by atoms with E-state index in [0.717, 1.165) is 25.1 Å². The molecule has 0 amide bonds. The molecule has 1 aromatic carbocycles. The summed E-state index contributed by atoms with van der Waals surface area (Å²) in [7, 11) is 0. The van der Waals surface area contributed by atoms with Crippen LogP contribution in [0.25, 0.3) is 0 Å². The summed E-state index contributed by atoms with van der Waals surface area (Å²) < 4.78 is 0. The van der Waals surface area contributed by atoms with E-state index in [4.69, 9.17) is 0 Å². The van der Waals surface area contributed by atoms with Crippen LogP contribution in [-0.4, -0.2) is 32.7 Å². The topological polar surface area (TPSA) is 46.1 Å². The number of Topliss-reactive ketones (excluding diaryl/α,β-unsaturated/α-hetero) is 1. The van der Waals surface area contributed by atoms with Gasteiger partial charge in [-0.25, -0.2) is 4.98 Å². The van der Waals surface area contributed by atoms with Crippen molar-refractivity contribution in [2.45, 2.75) is 51.2 Å². The molecule has 3 heterocycles. The molecular formula is C20H23N3O. The van der Waals surface area contributed by atoms with Gasteiger partial charge in [0.25, 0.3) is 0 Å². The number of hydrogen-bond donors (Lipinski definition) is 0. The molecule has 0 radical (unpaired) electrons. The first-order valence-corrected chi connectivity index (χ1v) is 8.83. The Morgan fingerprint density at radius 1 is 1.12 bits per heavy atom. The van der Waals surface area contributed by atoms with Crippen LogP contribution in [-0.2, 0) is 6.54 Å². The molecule has 24 heavy (non-hydrogen) atoms. The van der Waals surface area contributed by atoms with Crippen molar-refractivity contribution in [1.29, 1.82) is 0 Å². The summed E-state index contributed by atoms with van der Waals surface area (Å²) in [6.45, 7) is 2.89. The number of nitrogens with zero attached hydrogens (tertiary/aromatic N) is 3. The quantitative estimate of drug-likeness (QED) is 0.810. The second kappa shape index (κ2) is 6.44. The molecule has 0 N–H and O–H groups in total. The van der Waals surface area contributed by atoms with E-state index in [0.29, 0.717) is 17.8 Å². The minimum atomic E-state index is 0.102. The first kappa shape index (κ1) is 15.5. The molecule has 0 aliphatic carbocycles. The highest BCUT2D eigenvalue weighted by molar-refractivity contribution is 5.96. The number of fused-ring (bicyclic) bond motifs is 2. The largest absolute Gasteiger partial charge is 0.293 e. The molecule has 1 aromatic heterocycles. The standard InChI is InChI=1S/C20H23N3O/c1-14-11-21-12-19(22-14)20(24)16-9-17-7-8-18(10-16)23(17)13-15-5-3-2-4-6-15/h2-6,11-12,16-18H,7-10,13H2,1H3. The molecule has 124 valence electrons. The van der Waals surface area contributed by atoms with E-state index in [-0.39, 0.29) is 11.7 Å². The van der Waals surface area contributed by atoms with E-state index in [9.17, 15) is 4.79 Å². The van der Waals surface area contributed by atoms with Gasteiger partial charge in [-0.2, -0.15) is 0 Å². The van der Waals surface area contributed by atoms with Crippen LogP contribution in [0.2, 0.25) is 0 Å². The van der Waals surface area contributed by atoms with Crippen LogP contribution in [0.1, 0.15) is 47.4 Å². The minimum Gasteiger partial charge on any atom is -0.293 e. The maximum absolute atomic E-state index is 12.8. The molecule has 2 aliphatic heterocycles. The molecule has 2 atom stereocenters. The highest BCUT2D eigenvalue weighted by Crippen LogP contribution is 2.40. The van der Waals surface area contributed by atoms with Crippen LogP contribution < -0.4 is 0 Å². The van der Waals surface area contributed by atoms with Crippen LogP contribution in [0, 0.1) is 12.8 Å². The summed E-state index contributed by atoms with van der Waals surface area (Å²) in [5, 5.41) is 0. The Morgan fingerprint density at radius 3 is 2.50 bits per heavy atom. The van der Waals surface area contributed by atoms with Crippen molar-refractivity contribution >= 4 is 5.78 Å². The van der Waals surface area contributed by atoms with Gasteiger partial charge < -0.3 is 0 Å². The van der Waals surface area contributed by atoms with Crippen LogP contribution >= 0.6 is 0 Å². The Kier molecular flexibility index (Phi) is 4.15. The Hall–Kier alpha value is -2.07.